The minimum atomic E-state index is 0.459. The van der Waals surface area contributed by atoms with Crippen LogP contribution >= 0.6 is 0 Å². The molecule has 0 saturated carbocycles. The summed E-state index contributed by atoms with van der Waals surface area (Å²) in [6.45, 7) is 3.37. The molecule has 23 heavy (non-hydrogen) atoms. The lowest BCUT2D eigenvalue weighted by Gasteiger charge is -2.08. The molecule has 0 saturated heterocycles. The predicted octanol–water partition coefficient (Wildman–Crippen LogP) is 4.99. The molecule has 3 nitrogen and oxygen atoms in total. The summed E-state index contributed by atoms with van der Waals surface area (Å²) in [6.07, 6.45) is 2.21. The van der Waals surface area contributed by atoms with Crippen molar-refractivity contribution in [3.05, 3.63) is 66.4 Å². The Labute approximate surface area is 136 Å². The first kappa shape index (κ1) is 15.3. The van der Waals surface area contributed by atoms with Gasteiger partial charge in [0.05, 0.1) is 17.8 Å². The molecule has 0 atom stereocenters. The van der Waals surface area contributed by atoms with Crippen LogP contribution < -0.4 is 9.47 Å². The van der Waals surface area contributed by atoms with Crippen LogP contribution in [0.5, 0.6) is 11.5 Å². The maximum absolute atomic E-state index is 5.80. The van der Waals surface area contributed by atoms with E-state index in [1.165, 1.54) is 0 Å². The number of aromatic nitrogens is 1. The van der Waals surface area contributed by atoms with E-state index in [1.54, 1.807) is 0 Å². The third-order valence-corrected chi connectivity index (χ3v) is 3.63. The van der Waals surface area contributed by atoms with Crippen molar-refractivity contribution in [2.75, 3.05) is 6.61 Å². The lowest BCUT2D eigenvalue weighted by atomic mass is 10.2. The van der Waals surface area contributed by atoms with Gasteiger partial charge in [-0.3, -0.25) is 0 Å². The zero-order chi connectivity index (χ0) is 15.9. The highest BCUT2D eigenvalue weighted by Gasteiger charge is 2.01. The van der Waals surface area contributed by atoms with Crippen molar-refractivity contribution in [2.45, 2.75) is 26.4 Å². The Bertz CT molecular complexity index is 753. The second-order valence-corrected chi connectivity index (χ2v) is 5.46. The van der Waals surface area contributed by atoms with Crippen molar-refractivity contribution in [3.8, 4) is 11.5 Å². The molecule has 0 unspecified atom stereocenters. The average molecular weight is 307 g/mol. The van der Waals surface area contributed by atoms with E-state index in [9.17, 15) is 0 Å². The monoisotopic (exact) mass is 307 g/mol. The van der Waals surface area contributed by atoms with Gasteiger partial charge in [0.15, 0.2) is 0 Å². The number of fused-ring (bicyclic) bond motifs is 1. The van der Waals surface area contributed by atoms with E-state index in [1.807, 2.05) is 48.5 Å². The van der Waals surface area contributed by atoms with Crippen LogP contribution in [0.15, 0.2) is 60.7 Å². The first-order valence-corrected chi connectivity index (χ1v) is 8.05. The van der Waals surface area contributed by atoms with E-state index >= 15 is 0 Å². The van der Waals surface area contributed by atoms with Gasteiger partial charge in [-0.25, -0.2) is 4.98 Å². The maximum Gasteiger partial charge on any atom is 0.130 e. The molecule has 0 N–H and O–H groups in total. The van der Waals surface area contributed by atoms with Gasteiger partial charge in [-0.1, -0.05) is 37.6 Å². The van der Waals surface area contributed by atoms with Gasteiger partial charge in [-0.15, -0.1) is 0 Å². The summed E-state index contributed by atoms with van der Waals surface area (Å²) in [5, 5.41) is 1.14. The van der Waals surface area contributed by atoms with Gasteiger partial charge in [0.2, 0.25) is 0 Å². The van der Waals surface area contributed by atoms with E-state index in [2.05, 4.69) is 24.0 Å². The molecule has 0 aliphatic carbocycles. The van der Waals surface area contributed by atoms with Crippen molar-refractivity contribution < 1.29 is 9.47 Å². The first-order valence-electron chi connectivity index (χ1n) is 8.05. The number of unbranched alkanes of at least 4 members (excludes halogenated alkanes) is 1. The SMILES string of the molecule is CCCCOc1ccc(OCc2ccc3ccccc3n2)cc1. The van der Waals surface area contributed by atoms with Crippen LogP contribution in [0, 0.1) is 0 Å². The Morgan fingerprint density at radius 2 is 1.57 bits per heavy atom. The molecule has 0 aliphatic heterocycles. The normalized spacial score (nSPS) is 10.7. The summed E-state index contributed by atoms with van der Waals surface area (Å²) in [5.74, 6) is 1.71. The fourth-order valence-corrected chi connectivity index (χ4v) is 2.31. The van der Waals surface area contributed by atoms with E-state index in [0.717, 1.165) is 47.5 Å². The van der Waals surface area contributed by atoms with Crippen LogP contribution in [0.25, 0.3) is 10.9 Å². The third-order valence-electron chi connectivity index (χ3n) is 3.63. The first-order chi connectivity index (χ1) is 11.3. The average Bonchev–Trinajstić information content (AvgIpc) is 2.61. The summed E-state index contributed by atoms with van der Waals surface area (Å²) < 4.78 is 11.4. The molecule has 3 heteroatoms. The summed E-state index contributed by atoms with van der Waals surface area (Å²) in [5.41, 5.74) is 1.92. The molecule has 118 valence electrons. The molecule has 0 radical (unpaired) electrons. The molecule has 0 aliphatic rings. The molecule has 3 rings (SSSR count). The number of nitrogens with zero attached hydrogens (tertiary/aromatic N) is 1. The topological polar surface area (TPSA) is 31.4 Å². The Morgan fingerprint density at radius 3 is 2.35 bits per heavy atom. The number of ether oxygens (including phenoxy) is 2. The Hall–Kier alpha value is -2.55. The van der Waals surface area contributed by atoms with Gasteiger partial charge in [0.1, 0.15) is 18.1 Å². The zero-order valence-electron chi connectivity index (χ0n) is 13.4. The molecule has 0 amide bonds. The van der Waals surface area contributed by atoms with Crippen LogP contribution in [0.1, 0.15) is 25.5 Å². The van der Waals surface area contributed by atoms with Crippen LogP contribution in [0.3, 0.4) is 0 Å². The van der Waals surface area contributed by atoms with Crippen LogP contribution in [-0.4, -0.2) is 11.6 Å². The van der Waals surface area contributed by atoms with Gasteiger partial charge in [-0.2, -0.15) is 0 Å². The molecule has 3 aromatic rings. The van der Waals surface area contributed by atoms with Crippen molar-refractivity contribution >= 4 is 10.9 Å². The van der Waals surface area contributed by atoms with Crippen LogP contribution in [0.4, 0.5) is 0 Å². The smallest absolute Gasteiger partial charge is 0.130 e. The number of hydrogen-bond acceptors (Lipinski definition) is 3. The highest BCUT2D eigenvalue weighted by molar-refractivity contribution is 5.78. The lowest BCUT2D eigenvalue weighted by molar-refractivity contribution is 0.296. The molecule has 2 aromatic carbocycles. The number of pyridine rings is 1. The minimum absolute atomic E-state index is 0.459. The summed E-state index contributed by atoms with van der Waals surface area (Å²) in [7, 11) is 0. The van der Waals surface area contributed by atoms with Gasteiger partial charge in [0.25, 0.3) is 0 Å². The third kappa shape index (κ3) is 4.22. The van der Waals surface area contributed by atoms with Crippen LogP contribution in [-0.2, 0) is 6.61 Å². The van der Waals surface area contributed by atoms with Gasteiger partial charge in [-0.05, 0) is 42.8 Å². The van der Waals surface area contributed by atoms with E-state index in [-0.39, 0.29) is 0 Å². The zero-order valence-corrected chi connectivity index (χ0v) is 13.4. The summed E-state index contributed by atoms with van der Waals surface area (Å²) >= 11 is 0. The van der Waals surface area contributed by atoms with E-state index < -0.39 is 0 Å². The van der Waals surface area contributed by atoms with Gasteiger partial charge >= 0.3 is 0 Å². The highest BCUT2D eigenvalue weighted by Crippen LogP contribution is 2.19. The molecular weight excluding hydrogens is 286 g/mol. The molecule has 1 aromatic heterocycles. The second kappa shape index (κ2) is 7.63. The minimum Gasteiger partial charge on any atom is -0.494 e. The van der Waals surface area contributed by atoms with Crippen molar-refractivity contribution in [3.63, 3.8) is 0 Å². The Balaban J connectivity index is 1.58. The molecule has 1 heterocycles. The standard InChI is InChI=1S/C20H21NO2/c1-2-3-14-22-18-10-12-19(13-11-18)23-15-17-9-8-16-6-4-5-7-20(16)21-17/h4-13H,2-3,14-15H2,1H3. The molecule has 0 spiro atoms. The fourth-order valence-electron chi connectivity index (χ4n) is 2.31. The maximum atomic E-state index is 5.80. The Morgan fingerprint density at radius 1 is 0.826 bits per heavy atom. The van der Waals surface area contributed by atoms with Gasteiger partial charge < -0.3 is 9.47 Å². The Kier molecular flexibility index (Phi) is 5.09. The molecular formula is C20H21NO2. The van der Waals surface area contributed by atoms with Gasteiger partial charge in [0, 0.05) is 5.39 Å². The summed E-state index contributed by atoms with van der Waals surface area (Å²) in [4.78, 5) is 4.61. The van der Waals surface area contributed by atoms with E-state index in [0.29, 0.717) is 6.61 Å². The largest absolute Gasteiger partial charge is 0.494 e. The van der Waals surface area contributed by atoms with Crippen molar-refractivity contribution in [2.24, 2.45) is 0 Å². The number of hydrogen-bond donors (Lipinski definition) is 0. The fraction of sp³-hybridized carbons (Fsp3) is 0.250. The lowest BCUT2D eigenvalue weighted by Crippen LogP contribution is -1.99. The van der Waals surface area contributed by atoms with Crippen molar-refractivity contribution in [1.29, 1.82) is 0 Å². The number of para-hydroxylation sites is 1. The summed E-state index contributed by atoms with van der Waals surface area (Å²) in [6, 6.07) is 19.9. The predicted molar refractivity (Wildman–Crippen MR) is 92.9 cm³/mol. The quantitative estimate of drug-likeness (QED) is 0.576. The van der Waals surface area contributed by atoms with Crippen LogP contribution in [0.2, 0.25) is 0 Å². The van der Waals surface area contributed by atoms with Crippen molar-refractivity contribution in [1.82, 2.24) is 4.98 Å². The molecule has 0 bridgehead atoms. The number of benzene rings is 2. The van der Waals surface area contributed by atoms with E-state index in [4.69, 9.17) is 9.47 Å². The second-order valence-electron chi connectivity index (χ2n) is 5.46. The molecule has 0 fully saturated rings. The number of rotatable bonds is 7. The highest BCUT2D eigenvalue weighted by atomic mass is 16.5.